The molecule has 2 aromatic rings. The van der Waals surface area contributed by atoms with Gasteiger partial charge in [-0.2, -0.15) is 0 Å². The van der Waals surface area contributed by atoms with Gasteiger partial charge in [0.15, 0.2) is 0 Å². The van der Waals surface area contributed by atoms with Crippen LogP contribution >= 0.6 is 0 Å². The van der Waals surface area contributed by atoms with Crippen molar-refractivity contribution in [3.63, 3.8) is 0 Å². The van der Waals surface area contributed by atoms with E-state index in [1.807, 2.05) is 19.9 Å². The van der Waals surface area contributed by atoms with E-state index in [2.05, 4.69) is 9.71 Å². The molecule has 1 heterocycles. The maximum atomic E-state index is 12.1. The van der Waals surface area contributed by atoms with E-state index in [1.54, 1.807) is 30.3 Å². The molecule has 0 aliphatic rings. The fourth-order valence-corrected chi connectivity index (χ4v) is 3.13. The summed E-state index contributed by atoms with van der Waals surface area (Å²) in [5, 5.41) is 0. The fraction of sp³-hybridized carbons (Fsp3) is 0.214. The molecule has 0 fully saturated rings. The lowest BCUT2D eigenvalue weighted by Crippen LogP contribution is -2.17. The van der Waals surface area contributed by atoms with Gasteiger partial charge in [-0.25, -0.2) is 13.4 Å². The summed E-state index contributed by atoms with van der Waals surface area (Å²) in [4.78, 5) is 4.16. The number of sulfonamides is 1. The van der Waals surface area contributed by atoms with Gasteiger partial charge >= 0.3 is 0 Å². The normalized spacial score (nSPS) is 11.3. The highest BCUT2D eigenvalue weighted by Gasteiger charge is 2.14. The second-order valence-corrected chi connectivity index (χ2v) is 6.45. The molecule has 0 amide bonds. The zero-order valence-electron chi connectivity index (χ0n) is 11.4. The van der Waals surface area contributed by atoms with Crippen molar-refractivity contribution in [3.05, 3.63) is 53.2 Å². The van der Waals surface area contributed by atoms with Crippen LogP contribution in [0, 0.1) is 13.8 Å². The number of pyridine rings is 1. The Balaban J connectivity index is 2.21. The van der Waals surface area contributed by atoms with E-state index in [0.29, 0.717) is 17.1 Å². The van der Waals surface area contributed by atoms with Crippen molar-refractivity contribution >= 4 is 21.5 Å². The number of hydrogen-bond donors (Lipinski definition) is 2. The molecule has 20 heavy (non-hydrogen) atoms. The van der Waals surface area contributed by atoms with Crippen molar-refractivity contribution in [2.24, 2.45) is 0 Å². The van der Waals surface area contributed by atoms with Crippen LogP contribution in [0.2, 0.25) is 0 Å². The molecule has 5 nitrogen and oxygen atoms in total. The summed E-state index contributed by atoms with van der Waals surface area (Å²) in [6, 6.07) is 10.5. The molecule has 0 saturated heterocycles. The Labute approximate surface area is 118 Å². The largest absolute Gasteiger partial charge is 0.398 e. The summed E-state index contributed by atoms with van der Waals surface area (Å²) in [6.07, 6.45) is 0. The lowest BCUT2D eigenvalue weighted by molar-refractivity contribution is 0.600. The minimum atomic E-state index is -3.54. The Morgan fingerprint density at radius 2 is 1.90 bits per heavy atom. The molecule has 0 atom stereocenters. The van der Waals surface area contributed by atoms with E-state index < -0.39 is 10.0 Å². The van der Waals surface area contributed by atoms with Gasteiger partial charge in [0.05, 0.1) is 5.75 Å². The van der Waals surface area contributed by atoms with Gasteiger partial charge in [0.1, 0.15) is 5.82 Å². The predicted molar refractivity (Wildman–Crippen MR) is 80.8 cm³/mol. The van der Waals surface area contributed by atoms with E-state index in [-0.39, 0.29) is 5.75 Å². The molecule has 0 spiro atoms. The molecule has 0 aliphatic heterocycles. The highest BCUT2D eigenvalue weighted by Crippen LogP contribution is 2.17. The lowest BCUT2D eigenvalue weighted by Gasteiger charge is -2.10. The number of nitrogens with two attached hydrogens (primary N) is 1. The zero-order valence-corrected chi connectivity index (χ0v) is 12.2. The second-order valence-electron chi connectivity index (χ2n) is 4.73. The van der Waals surface area contributed by atoms with Gasteiger partial charge in [0, 0.05) is 11.4 Å². The third-order valence-corrected chi connectivity index (χ3v) is 3.97. The van der Waals surface area contributed by atoms with E-state index in [4.69, 9.17) is 5.73 Å². The fourth-order valence-electron chi connectivity index (χ4n) is 1.96. The lowest BCUT2D eigenvalue weighted by atomic mass is 10.2. The number of hydrogen-bond acceptors (Lipinski definition) is 4. The van der Waals surface area contributed by atoms with Crippen LogP contribution in [0.15, 0.2) is 36.4 Å². The topological polar surface area (TPSA) is 85.1 Å². The Hall–Kier alpha value is -2.08. The quantitative estimate of drug-likeness (QED) is 0.846. The van der Waals surface area contributed by atoms with Crippen LogP contribution in [0.4, 0.5) is 11.5 Å². The van der Waals surface area contributed by atoms with Crippen molar-refractivity contribution in [2.45, 2.75) is 19.6 Å². The number of nitrogen functional groups attached to an aromatic ring is 1. The van der Waals surface area contributed by atoms with Crippen molar-refractivity contribution in [1.82, 2.24) is 4.98 Å². The molecule has 0 saturated carbocycles. The van der Waals surface area contributed by atoms with Crippen LogP contribution in [0.3, 0.4) is 0 Å². The summed E-state index contributed by atoms with van der Waals surface area (Å²) in [5.74, 6) is 0.158. The van der Waals surface area contributed by atoms with Crippen LogP contribution in [0.5, 0.6) is 0 Å². The number of benzene rings is 1. The second kappa shape index (κ2) is 5.50. The van der Waals surface area contributed by atoms with Gasteiger partial charge in [-0.3, -0.25) is 4.72 Å². The summed E-state index contributed by atoms with van der Waals surface area (Å²) in [5.41, 5.74) is 8.52. The monoisotopic (exact) mass is 291 g/mol. The predicted octanol–water partition coefficient (Wildman–Crippen LogP) is 2.22. The first-order valence-electron chi connectivity index (χ1n) is 6.15. The van der Waals surface area contributed by atoms with Crippen molar-refractivity contribution in [3.8, 4) is 0 Å². The van der Waals surface area contributed by atoms with Crippen molar-refractivity contribution in [1.29, 1.82) is 0 Å². The molecule has 1 aromatic heterocycles. The van der Waals surface area contributed by atoms with Crippen LogP contribution in [0.25, 0.3) is 0 Å². The molecule has 1 aromatic carbocycles. The third-order valence-electron chi connectivity index (χ3n) is 2.76. The number of nitrogens with zero attached hydrogens (tertiary/aromatic N) is 1. The summed E-state index contributed by atoms with van der Waals surface area (Å²) in [6.45, 7) is 3.71. The molecule has 0 bridgehead atoms. The Bertz CT molecular complexity index is 707. The number of nitrogens with one attached hydrogen (secondary N) is 1. The molecule has 0 radical (unpaired) electrons. The molecule has 2 rings (SSSR count). The minimum Gasteiger partial charge on any atom is -0.398 e. The first kappa shape index (κ1) is 14.3. The van der Waals surface area contributed by atoms with Gasteiger partial charge in [0.2, 0.25) is 10.0 Å². The van der Waals surface area contributed by atoms with Gasteiger partial charge in [-0.05, 0) is 43.2 Å². The number of aromatic nitrogens is 1. The SMILES string of the molecule is Cc1cc(C)nc(NS(=O)(=O)Cc2ccccc2N)c1. The van der Waals surface area contributed by atoms with Crippen LogP contribution in [-0.4, -0.2) is 13.4 Å². The van der Waals surface area contributed by atoms with Crippen molar-refractivity contribution in [2.75, 3.05) is 10.5 Å². The van der Waals surface area contributed by atoms with Gasteiger partial charge < -0.3 is 5.73 Å². The average Bonchev–Trinajstić information content (AvgIpc) is 2.29. The Morgan fingerprint density at radius 3 is 2.55 bits per heavy atom. The Morgan fingerprint density at radius 1 is 1.20 bits per heavy atom. The number of aryl methyl sites for hydroxylation is 2. The molecule has 3 N–H and O–H groups in total. The number of rotatable bonds is 4. The van der Waals surface area contributed by atoms with E-state index >= 15 is 0 Å². The molecular weight excluding hydrogens is 274 g/mol. The first-order chi connectivity index (χ1) is 9.35. The summed E-state index contributed by atoms with van der Waals surface area (Å²) >= 11 is 0. The molecule has 0 unspecified atom stereocenters. The first-order valence-corrected chi connectivity index (χ1v) is 7.80. The van der Waals surface area contributed by atoms with Gasteiger partial charge in [0.25, 0.3) is 0 Å². The smallest absolute Gasteiger partial charge is 0.238 e. The maximum absolute atomic E-state index is 12.1. The standard InChI is InChI=1S/C14H17N3O2S/c1-10-7-11(2)16-14(8-10)17-20(18,19)9-12-5-3-4-6-13(12)15/h3-8H,9,15H2,1-2H3,(H,16,17). The minimum absolute atomic E-state index is 0.172. The van der Waals surface area contributed by atoms with Gasteiger partial charge in [-0.15, -0.1) is 0 Å². The van der Waals surface area contributed by atoms with Crippen LogP contribution in [0.1, 0.15) is 16.8 Å². The highest BCUT2D eigenvalue weighted by molar-refractivity contribution is 7.91. The third kappa shape index (κ3) is 3.71. The molecule has 6 heteroatoms. The van der Waals surface area contributed by atoms with Crippen LogP contribution < -0.4 is 10.5 Å². The summed E-state index contributed by atoms with van der Waals surface area (Å²) in [7, 11) is -3.54. The molecular formula is C14H17N3O2S. The number of anilines is 2. The zero-order chi connectivity index (χ0) is 14.8. The van der Waals surface area contributed by atoms with E-state index in [0.717, 1.165) is 11.3 Å². The average molecular weight is 291 g/mol. The molecule has 106 valence electrons. The number of para-hydroxylation sites is 1. The van der Waals surface area contributed by atoms with E-state index in [9.17, 15) is 8.42 Å². The molecule has 0 aliphatic carbocycles. The van der Waals surface area contributed by atoms with Gasteiger partial charge in [-0.1, -0.05) is 18.2 Å². The highest BCUT2D eigenvalue weighted by atomic mass is 32.2. The van der Waals surface area contributed by atoms with Crippen LogP contribution in [-0.2, 0) is 15.8 Å². The Kier molecular flexibility index (Phi) is 3.94. The van der Waals surface area contributed by atoms with Crippen molar-refractivity contribution < 1.29 is 8.42 Å². The maximum Gasteiger partial charge on any atom is 0.238 e. The van der Waals surface area contributed by atoms with E-state index in [1.165, 1.54) is 0 Å². The summed E-state index contributed by atoms with van der Waals surface area (Å²) < 4.78 is 26.8.